The molecule has 1 aromatic heterocycles. The van der Waals surface area contributed by atoms with Crippen LogP contribution in [0.3, 0.4) is 0 Å². The third-order valence-corrected chi connectivity index (χ3v) is 3.27. The summed E-state index contributed by atoms with van der Waals surface area (Å²) >= 11 is 1.87. The Morgan fingerprint density at radius 2 is 2.27 bits per heavy atom. The second-order valence-electron chi connectivity index (χ2n) is 3.77. The van der Waals surface area contributed by atoms with Gasteiger partial charge in [-0.3, -0.25) is 10.00 Å². The van der Waals surface area contributed by atoms with Gasteiger partial charge in [0.1, 0.15) is 11.6 Å². The van der Waals surface area contributed by atoms with Gasteiger partial charge in [0.2, 0.25) is 0 Å². The molecule has 1 N–H and O–H groups in total. The summed E-state index contributed by atoms with van der Waals surface area (Å²) in [5, 5.41) is 7.10. The molecule has 15 heavy (non-hydrogen) atoms. The Hall–Kier alpha value is -0.550. The van der Waals surface area contributed by atoms with Crippen molar-refractivity contribution in [1.29, 1.82) is 0 Å². The summed E-state index contributed by atoms with van der Waals surface area (Å²) in [6, 6.07) is 0.565. The lowest BCUT2D eigenvalue weighted by Crippen LogP contribution is -2.30. The minimum Gasteiger partial charge on any atom is -0.295 e. The summed E-state index contributed by atoms with van der Waals surface area (Å²) in [5.74, 6) is 3.00. The predicted octanol–water partition coefficient (Wildman–Crippen LogP) is 1.55. The molecule has 1 atom stereocenters. The lowest BCUT2D eigenvalue weighted by Gasteiger charge is -2.22. The third kappa shape index (κ3) is 3.83. The van der Waals surface area contributed by atoms with Gasteiger partial charge in [0.15, 0.2) is 0 Å². The van der Waals surface area contributed by atoms with Crippen molar-refractivity contribution in [2.45, 2.75) is 32.9 Å². The van der Waals surface area contributed by atoms with E-state index >= 15 is 0 Å². The summed E-state index contributed by atoms with van der Waals surface area (Å²) in [4.78, 5) is 6.68. The third-order valence-electron chi connectivity index (χ3n) is 2.45. The minimum absolute atomic E-state index is 0.565. The molecule has 1 aromatic rings. The Bertz CT molecular complexity index is 287. The molecule has 0 aliphatic carbocycles. The van der Waals surface area contributed by atoms with E-state index in [1.54, 1.807) is 0 Å². The second-order valence-corrected chi connectivity index (χ2v) is 4.68. The van der Waals surface area contributed by atoms with Gasteiger partial charge in [-0.15, -0.1) is 0 Å². The summed E-state index contributed by atoms with van der Waals surface area (Å²) in [7, 11) is 2.12. The number of hydrogen-bond acceptors (Lipinski definition) is 4. The number of nitrogens with zero attached hydrogens (tertiary/aromatic N) is 3. The van der Waals surface area contributed by atoms with Gasteiger partial charge in [-0.1, -0.05) is 6.92 Å². The molecule has 4 nitrogen and oxygen atoms in total. The van der Waals surface area contributed by atoms with E-state index in [4.69, 9.17) is 0 Å². The fraction of sp³-hybridized carbons (Fsp3) is 0.800. The van der Waals surface area contributed by atoms with E-state index in [1.807, 2.05) is 11.8 Å². The highest BCUT2D eigenvalue weighted by molar-refractivity contribution is 7.98. The first-order valence-corrected chi connectivity index (χ1v) is 6.66. The fourth-order valence-electron chi connectivity index (χ4n) is 1.32. The van der Waals surface area contributed by atoms with Crippen LogP contribution in [0.2, 0.25) is 0 Å². The van der Waals surface area contributed by atoms with Gasteiger partial charge < -0.3 is 0 Å². The summed E-state index contributed by atoms with van der Waals surface area (Å²) < 4.78 is 0. The normalized spacial score (nSPS) is 13.4. The Labute approximate surface area is 95.9 Å². The van der Waals surface area contributed by atoms with Crippen molar-refractivity contribution >= 4 is 11.8 Å². The van der Waals surface area contributed by atoms with Crippen molar-refractivity contribution in [3.8, 4) is 0 Å². The van der Waals surface area contributed by atoms with Gasteiger partial charge in [0.05, 0.1) is 6.54 Å². The Morgan fingerprint density at radius 3 is 2.80 bits per heavy atom. The van der Waals surface area contributed by atoms with Crippen molar-refractivity contribution in [2.75, 3.05) is 19.1 Å². The Balaban J connectivity index is 2.46. The standard InChI is InChI=1S/C10H20N4S/c1-5-9-11-10(13-12-9)6-14(3)8(2)7-15-4/h8H,5-7H2,1-4H3,(H,11,12,13)/t8-/m0/s1. The van der Waals surface area contributed by atoms with Gasteiger partial charge in [0, 0.05) is 18.2 Å². The molecular formula is C10H20N4S. The van der Waals surface area contributed by atoms with Gasteiger partial charge >= 0.3 is 0 Å². The largest absolute Gasteiger partial charge is 0.295 e. The van der Waals surface area contributed by atoms with Gasteiger partial charge in [-0.25, -0.2) is 4.98 Å². The van der Waals surface area contributed by atoms with E-state index in [9.17, 15) is 0 Å². The van der Waals surface area contributed by atoms with Gasteiger partial charge in [0.25, 0.3) is 0 Å². The van der Waals surface area contributed by atoms with Crippen LogP contribution in [0.25, 0.3) is 0 Å². The van der Waals surface area contributed by atoms with E-state index in [0.717, 1.165) is 30.4 Å². The van der Waals surface area contributed by atoms with E-state index in [2.05, 4.69) is 47.2 Å². The Kier molecular flexibility index (Phi) is 5.11. The van der Waals surface area contributed by atoms with Crippen LogP contribution in [-0.4, -0.2) is 45.2 Å². The molecule has 0 saturated heterocycles. The maximum absolute atomic E-state index is 4.40. The van der Waals surface area contributed by atoms with Gasteiger partial charge in [-0.05, 0) is 20.2 Å². The summed E-state index contributed by atoms with van der Waals surface area (Å²) in [6.45, 7) is 5.13. The number of thioether (sulfide) groups is 1. The lowest BCUT2D eigenvalue weighted by atomic mass is 10.3. The zero-order valence-corrected chi connectivity index (χ0v) is 10.8. The maximum Gasteiger partial charge on any atom is 0.150 e. The molecule has 1 rings (SSSR count). The molecule has 0 radical (unpaired) electrons. The number of rotatable bonds is 6. The number of hydrogen-bond donors (Lipinski definition) is 1. The topological polar surface area (TPSA) is 44.8 Å². The van der Waals surface area contributed by atoms with Crippen molar-refractivity contribution in [2.24, 2.45) is 0 Å². The van der Waals surface area contributed by atoms with Crippen molar-refractivity contribution in [3.63, 3.8) is 0 Å². The van der Waals surface area contributed by atoms with Crippen LogP contribution in [0, 0.1) is 0 Å². The van der Waals surface area contributed by atoms with Crippen LogP contribution < -0.4 is 0 Å². The summed E-state index contributed by atoms with van der Waals surface area (Å²) in [6.07, 6.45) is 3.02. The van der Waals surface area contributed by atoms with E-state index in [1.165, 1.54) is 0 Å². The quantitative estimate of drug-likeness (QED) is 0.802. The lowest BCUT2D eigenvalue weighted by molar-refractivity contribution is 0.263. The first kappa shape index (κ1) is 12.5. The van der Waals surface area contributed by atoms with Crippen molar-refractivity contribution in [1.82, 2.24) is 20.1 Å². The predicted molar refractivity (Wildman–Crippen MR) is 65.1 cm³/mol. The minimum atomic E-state index is 0.565. The molecule has 0 amide bonds. The number of aryl methyl sites for hydroxylation is 1. The molecule has 0 bridgehead atoms. The number of nitrogens with one attached hydrogen (secondary N) is 1. The molecule has 86 valence electrons. The van der Waals surface area contributed by atoms with Crippen molar-refractivity contribution in [3.05, 3.63) is 11.6 Å². The van der Waals surface area contributed by atoms with E-state index in [0.29, 0.717) is 6.04 Å². The van der Waals surface area contributed by atoms with Crippen LogP contribution in [0.1, 0.15) is 25.5 Å². The highest BCUT2D eigenvalue weighted by Gasteiger charge is 2.11. The van der Waals surface area contributed by atoms with Crippen LogP contribution >= 0.6 is 11.8 Å². The average Bonchev–Trinajstić information content (AvgIpc) is 2.66. The zero-order chi connectivity index (χ0) is 11.3. The molecule has 0 aliphatic rings. The van der Waals surface area contributed by atoms with Crippen LogP contribution in [0.4, 0.5) is 0 Å². The van der Waals surface area contributed by atoms with Crippen molar-refractivity contribution < 1.29 is 0 Å². The number of H-pyrrole nitrogens is 1. The number of aromatic nitrogens is 3. The van der Waals surface area contributed by atoms with Gasteiger partial charge in [-0.2, -0.15) is 16.9 Å². The smallest absolute Gasteiger partial charge is 0.150 e. The molecule has 0 saturated carbocycles. The SMILES string of the molecule is CCc1n[nH]c(CN(C)[C@@H](C)CSC)n1. The monoisotopic (exact) mass is 228 g/mol. The highest BCUT2D eigenvalue weighted by Crippen LogP contribution is 2.06. The first-order chi connectivity index (χ1) is 7.17. The molecule has 1 heterocycles. The fourth-order valence-corrected chi connectivity index (χ4v) is 2.06. The second kappa shape index (κ2) is 6.12. The molecular weight excluding hydrogens is 208 g/mol. The molecule has 0 spiro atoms. The van der Waals surface area contributed by atoms with E-state index < -0.39 is 0 Å². The van der Waals surface area contributed by atoms with Crippen LogP contribution in [0.15, 0.2) is 0 Å². The molecule has 0 fully saturated rings. The maximum atomic E-state index is 4.40. The molecule has 0 aliphatic heterocycles. The molecule has 0 aromatic carbocycles. The average molecular weight is 228 g/mol. The van der Waals surface area contributed by atoms with E-state index in [-0.39, 0.29) is 0 Å². The summed E-state index contributed by atoms with van der Waals surface area (Å²) in [5.41, 5.74) is 0. The van der Waals surface area contributed by atoms with Crippen LogP contribution in [-0.2, 0) is 13.0 Å². The Morgan fingerprint density at radius 1 is 1.53 bits per heavy atom. The molecule has 0 unspecified atom stereocenters. The zero-order valence-electron chi connectivity index (χ0n) is 9.95. The molecule has 5 heteroatoms. The highest BCUT2D eigenvalue weighted by atomic mass is 32.2. The first-order valence-electron chi connectivity index (χ1n) is 5.26. The number of aromatic amines is 1. The van der Waals surface area contributed by atoms with Crippen LogP contribution in [0.5, 0.6) is 0 Å².